The van der Waals surface area contributed by atoms with E-state index in [0.29, 0.717) is 11.7 Å². The summed E-state index contributed by atoms with van der Waals surface area (Å²) >= 11 is 0. The van der Waals surface area contributed by atoms with Crippen molar-refractivity contribution in [2.75, 3.05) is 26.2 Å². The minimum Gasteiger partial charge on any atom is -0.367 e. The van der Waals surface area contributed by atoms with E-state index >= 15 is 0 Å². The molecule has 0 amide bonds. The summed E-state index contributed by atoms with van der Waals surface area (Å²) in [5.41, 5.74) is 5.72. The SMILES string of the molecule is CCN1CCOC(c2noc(CCCC(C)N)n2)C1. The predicted molar refractivity (Wildman–Crippen MR) is 71.7 cm³/mol. The molecule has 19 heavy (non-hydrogen) atoms. The highest BCUT2D eigenvalue weighted by atomic mass is 16.5. The molecule has 1 aliphatic rings. The normalized spacial score (nSPS) is 22.6. The van der Waals surface area contributed by atoms with E-state index < -0.39 is 0 Å². The van der Waals surface area contributed by atoms with E-state index in [1.807, 2.05) is 6.92 Å². The van der Waals surface area contributed by atoms with Gasteiger partial charge in [-0.3, -0.25) is 4.90 Å². The van der Waals surface area contributed by atoms with Crippen LogP contribution in [0.3, 0.4) is 0 Å². The number of morpholine rings is 1. The summed E-state index contributed by atoms with van der Waals surface area (Å²) in [5, 5.41) is 4.04. The molecule has 0 radical (unpaired) electrons. The number of rotatable bonds is 6. The molecular formula is C13H24N4O2. The summed E-state index contributed by atoms with van der Waals surface area (Å²) in [5.74, 6) is 1.36. The Morgan fingerprint density at radius 2 is 2.37 bits per heavy atom. The molecule has 0 aromatic carbocycles. The van der Waals surface area contributed by atoms with Gasteiger partial charge in [0.25, 0.3) is 0 Å². The highest BCUT2D eigenvalue weighted by Crippen LogP contribution is 2.19. The zero-order valence-electron chi connectivity index (χ0n) is 11.8. The van der Waals surface area contributed by atoms with Gasteiger partial charge in [-0.2, -0.15) is 4.98 Å². The molecular weight excluding hydrogens is 244 g/mol. The Hall–Kier alpha value is -0.980. The first-order valence-corrected chi connectivity index (χ1v) is 7.11. The maximum Gasteiger partial charge on any atom is 0.226 e. The van der Waals surface area contributed by atoms with Crippen molar-refractivity contribution >= 4 is 0 Å². The van der Waals surface area contributed by atoms with Gasteiger partial charge in [-0.05, 0) is 26.3 Å². The van der Waals surface area contributed by atoms with Gasteiger partial charge in [-0.25, -0.2) is 0 Å². The van der Waals surface area contributed by atoms with E-state index in [9.17, 15) is 0 Å². The van der Waals surface area contributed by atoms with Gasteiger partial charge in [-0.1, -0.05) is 12.1 Å². The molecule has 1 fully saturated rings. The van der Waals surface area contributed by atoms with Crippen LogP contribution in [-0.4, -0.2) is 47.3 Å². The first kappa shape index (κ1) is 14.4. The van der Waals surface area contributed by atoms with E-state index in [2.05, 4.69) is 22.0 Å². The van der Waals surface area contributed by atoms with E-state index in [1.165, 1.54) is 0 Å². The van der Waals surface area contributed by atoms with Crippen LogP contribution < -0.4 is 5.73 Å². The largest absolute Gasteiger partial charge is 0.367 e. The number of hydrogen-bond acceptors (Lipinski definition) is 6. The molecule has 6 heteroatoms. The molecule has 2 atom stereocenters. The van der Waals surface area contributed by atoms with Crippen molar-refractivity contribution in [3.05, 3.63) is 11.7 Å². The molecule has 1 aliphatic heterocycles. The molecule has 0 spiro atoms. The van der Waals surface area contributed by atoms with Crippen molar-refractivity contribution in [1.29, 1.82) is 0 Å². The van der Waals surface area contributed by atoms with Gasteiger partial charge in [0.15, 0.2) is 0 Å². The number of ether oxygens (including phenoxy) is 1. The number of likely N-dealkylation sites (N-methyl/N-ethyl adjacent to an activating group) is 1. The minimum absolute atomic E-state index is 0.0559. The average Bonchev–Trinajstić information content (AvgIpc) is 2.87. The van der Waals surface area contributed by atoms with Gasteiger partial charge in [0.05, 0.1) is 6.61 Å². The molecule has 2 rings (SSSR count). The van der Waals surface area contributed by atoms with Crippen LogP contribution >= 0.6 is 0 Å². The van der Waals surface area contributed by atoms with Crippen LogP contribution in [0.15, 0.2) is 4.52 Å². The van der Waals surface area contributed by atoms with Crippen molar-refractivity contribution in [3.8, 4) is 0 Å². The Labute approximate surface area is 114 Å². The zero-order valence-corrected chi connectivity index (χ0v) is 11.8. The summed E-state index contributed by atoms with van der Waals surface area (Å²) in [6, 6.07) is 0.224. The van der Waals surface area contributed by atoms with Crippen LogP contribution in [0, 0.1) is 0 Å². The number of aryl methyl sites for hydroxylation is 1. The van der Waals surface area contributed by atoms with Gasteiger partial charge >= 0.3 is 0 Å². The highest BCUT2D eigenvalue weighted by molar-refractivity contribution is 4.94. The van der Waals surface area contributed by atoms with Crippen molar-refractivity contribution in [3.63, 3.8) is 0 Å². The monoisotopic (exact) mass is 268 g/mol. The van der Waals surface area contributed by atoms with Crippen molar-refractivity contribution < 1.29 is 9.26 Å². The van der Waals surface area contributed by atoms with Crippen LogP contribution in [0.2, 0.25) is 0 Å². The van der Waals surface area contributed by atoms with Crippen LogP contribution in [-0.2, 0) is 11.2 Å². The molecule has 0 aliphatic carbocycles. The number of aromatic nitrogens is 2. The maximum absolute atomic E-state index is 5.72. The second-order valence-corrected chi connectivity index (χ2v) is 5.17. The fourth-order valence-electron chi connectivity index (χ4n) is 2.22. The van der Waals surface area contributed by atoms with E-state index in [0.717, 1.165) is 45.5 Å². The fraction of sp³-hybridized carbons (Fsp3) is 0.846. The van der Waals surface area contributed by atoms with Crippen molar-refractivity contribution in [1.82, 2.24) is 15.0 Å². The molecule has 1 aromatic rings. The molecule has 2 N–H and O–H groups in total. The van der Waals surface area contributed by atoms with Gasteiger partial charge in [0, 0.05) is 25.6 Å². The molecule has 108 valence electrons. The number of nitrogens with two attached hydrogens (primary N) is 1. The van der Waals surface area contributed by atoms with Crippen LogP contribution in [0.1, 0.15) is 44.5 Å². The van der Waals surface area contributed by atoms with Crippen LogP contribution in [0.4, 0.5) is 0 Å². The molecule has 6 nitrogen and oxygen atoms in total. The van der Waals surface area contributed by atoms with Gasteiger partial charge in [0.2, 0.25) is 11.7 Å². The molecule has 1 saturated heterocycles. The van der Waals surface area contributed by atoms with E-state index in [4.69, 9.17) is 15.0 Å². The van der Waals surface area contributed by atoms with Crippen molar-refractivity contribution in [2.45, 2.75) is 45.3 Å². The third kappa shape index (κ3) is 4.26. The van der Waals surface area contributed by atoms with Crippen LogP contribution in [0.25, 0.3) is 0 Å². The van der Waals surface area contributed by atoms with Gasteiger partial charge in [-0.15, -0.1) is 0 Å². The van der Waals surface area contributed by atoms with E-state index in [-0.39, 0.29) is 12.1 Å². The second-order valence-electron chi connectivity index (χ2n) is 5.17. The second kappa shape index (κ2) is 6.98. The summed E-state index contributed by atoms with van der Waals surface area (Å²) < 4.78 is 11.0. The first-order valence-electron chi connectivity index (χ1n) is 7.11. The number of hydrogen-bond donors (Lipinski definition) is 1. The predicted octanol–water partition coefficient (Wildman–Crippen LogP) is 1.13. The molecule has 2 unspecified atom stereocenters. The lowest BCUT2D eigenvalue weighted by Gasteiger charge is -2.30. The smallest absolute Gasteiger partial charge is 0.226 e. The number of nitrogens with zero attached hydrogens (tertiary/aromatic N) is 3. The standard InChI is InChI=1S/C13H24N4O2/c1-3-17-7-8-18-11(9-17)13-15-12(19-16-13)6-4-5-10(2)14/h10-11H,3-9,14H2,1-2H3. The lowest BCUT2D eigenvalue weighted by atomic mass is 10.1. The third-order valence-electron chi connectivity index (χ3n) is 3.42. The quantitative estimate of drug-likeness (QED) is 0.833. The molecule has 2 heterocycles. The summed E-state index contributed by atoms with van der Waals surface area (Å²) in [7, 11) is 0. The third-order valence-corrected chi connectivity index (χ3v) is 3.42. The Kier molecular flexibility index (Phi) is 5.30. The van der Waals surface area contributed by atoms with Crippen molar-refractivity contribution in [2.24, 2.45) is 5.73 Å². The first-order chi connectivity index (χ1) is 9.19. The maximum atomic E-state index is 5.72. The topological polar surface area (TPSA) is 77.4 Å². The Morgan fingerprint density at radius 1 is 1.53 bits per heavy atom. The molecule has 0 saturated carbocycles. The van der Waals surface area contributed by atoms with Gasteiger partial charge < -0.3 is 15.0 Å². The van der Waals surface area contributed by atoms with Crippen LogP contribution in [0.5, 0.6) is 0 Å². The Balaban J connectivity index is 1.85. The molecule has 0 bridgehead atoms. The van der Waals surface area contributed by atoms with Gasteiger partial charge in [0.1, 0.15) is 6.10 Å². The minimum atomic E-state index is -0.0559. The fourth-order valence-corrected chi connectivity index (χ4v) is 2.22. The lowest BCUT2D eigenvalue weighted by molar-refractivity contribution is -0.0334. The summed E-state index contributed by atoms with van der Waals surface area (Å²) in [4.78, 5) is 6.76. The lowest BCUT2D eigenvalue weighted by Crippen LogP contribution is -2.38. The Morgan fingerprint density at radius 3 is 3.11 bits per heavy atom. The summed E-state index contributed by atoms with van der Waals surface area (Å²) in [6.45, 7) is 7.74. The Bertz CT molecular complexity index is 380. The molecule has 1 aromatic heterocycles. The summed E-state index contributed by atoms with van der Waals surface area (Å²) in [6.07, 6.45) is 2.69. The highest BCUT2D eigenvalue weighted by Gasteiger charge is 2.25. The average molecular weight is 268 g/mol. The van der Waals surface area contributed by atoms with E-state index in [1.54, 1.807) is 0 Å². The zero-order chi connectivity index (χ0) is 13.7.